The van der Waals surface area contributed by atoms with Gasteiger partial charge in [-0.15, -0.1) is 0 Å². The van der Waals surface area contributed by atoms with Crippen LogP contribution in [0.5, 0.6) is 0 Å². The quantitative estimate of drug-likeness (QED) is 0.823. The number of nitrogens with two attached hydrogens (primary N) is 1. The highest BCUT2D eigenvalue weighted by Gasteiger charge is 2.47. The lowest BCUT2D eigenvalue weighted by Crippen LogP contribution is -2.21. The highest BCUT2D eigenvalue weighted by molar-refractivity contribution is 5.38. The van der Waals surface area contributed by atoms with Crippen LogP contribution in [0.25, 0.3) is 0 Å². The first kappa shape index (κ1) is 11.3. The van der Waals surface area contributed by atoms with Crippen LogP contribution in [0.1, 0.15) is 47.6 Å². The average Bonchev–Trinajstić information content (AvgIpc) is 2.90. The van der Waals surface area contributed by atoms with Crippen LogP contribution in [-0.4, -0.2) is 0 Å². The summed E-state index contributed by atoms with van der Waals surface area (Å²) in [7, 11) is 0. The SMILES string of the molecule is Cc1cc(C)c(C(N)C2CC3CC3C2)cc1C. The standard InChI is InChI=1S/C16H23N/c1-9-4-11(3)15(5-10(9)2)16(17)14-7-12-6-13(12)8-14/h4-5,12-14,16H,6-8,17H2,1-3H3. The van der Waals surface area contributed by atoms with Gasteiger partial charge in [-0.05, 0) is 80.0 Å². The van der Waals surface area contributed by atoms with E-state index in [1.807, 2.05) is 0 Å². The lowest BCUT2D eigenvalue weighted by molar-refractivity contribution is 0.403. The molecule has 3 atom stereocenters. The number of rotatable bonds is 2. The van der Waals surface area contributed by atoms with Gasteiger partial charge in [-0.3, -0.25) is 0 Å². The van der Waals surface area contributed by atoms with E-state index in [1.165, 1.54) is 41.5 Å². The minimum absolute atomic E-state index is 0.266. The van der Waals surface area contributed by atoms with Gasteiger partial charge in [0.2, 0.25) is 0 Å². The Balaban J connectivity index is 1.85. The van der Waals surface area contributed by atoms with Crippen molar-refractivity contribution in [2.75, 3.05) is 0 Å². The molecule has 1 nitrogen and oxygen atoms in total. The second-order valence-corrected chi connectivity index (χ2v) is 6.31. The predicted octanol–water partition coefficient (Wildman–Crippen LogP) is 3.66. The summed E-state index contributed by atoms with van der Waals surface area (Å²) in [5.74, 6) is 2.79. The van der Waals surface area contributed by atoms with E-state index in [-0.39, 0.29) is 6.04 Å². The Morgan fingerprint density at radius 2 is 1.53 bits per heavy atom. The first-order chi connectivity index (χ1) is 8.06. The van der Waals surface area contributed by atoms with Crippen molar-refractivity contribution in [1.82, 2.24) is 0 Å². The molecule has 2 aliphatic rings. The van der Waals surface area contributed by atoms with Crippen molar-refractivity contribution in [3.05, 3.63) is 34.4 Å². The van der Waals surface area contributed by atoms with Gasteiger partial charge in [0.1, 0.15) is 0 Å². The van der Waals surface area contributed by atoms with Gasteiger partial charge in [-0.1, -0.05) is 12.1 Å². The zero-order chi connectivity index (χ0) is 12.2. The zero-order valence-corrected chi connectivity index (χ0v) is 11.2. The van der Waals surface area contributed by atoms with Crippen molar-refractivity contribution in [2.45, 2.75) is 46.1 Å². The van der Waals surface area contributed by atoms with Crippen LogP contribution >= 0.6 is 0 Å². The fourth-order valence-electron chi connectivity index (χ4n) is 3.65. The summed E-state index contributed by atoms with van der Waals surface area (Å²) in [6.45, 7) is 6.58. The molecule has 2 fully saturated rings. The molecular formula is C16H23N. The Bertz CT molecular complexity index is 439. The van der Waals surface area contributed by atoms with E-state index in [1.54, 1.807) is 0 Å². The van der Waals surface area contributed by atoms with Crippen LogP contribution in [0.2, 0.25) is 0 Å². The van der Waals surface area contributed by atoms with Gasteiger partial charge in [0.15, 0.2) is 0 Å². The van der Waals surface area contributed by atoms with E-state index in [0.717, 1.165) is 17.8 Å². The van der Waals surface area contributed by atoms with Crippen LogP contribution in [0.3, 0.4) is 0 Å². The molecule has 1 heteroatoms. The van der Waals surface area contributed by atoms with Gasteiger partial charge in [0.25, 0.3) is 0 Å². The molecule has 0 aliphatic heterocycles. The molecule has 2 N–H and O–H groups in total. The van der Waals surface area contributed by atoms with Gasteiger partial charge in [-0.25, -0.2) is 0 Å². The van der Waals surface area contributed by atoms with Crippen molar-refractivity contribution in [3.63, 3.8) is 0 Å². The topological polar surface area (TPSA) is 26.0 Å². The average molecular weight is 229 g/mol. The maximum atomic E-state index is 6.50. The minimum Gasteiger partial charge on any atom is -0.324 e. The smallest absolute Gasteiger partial charge is 0.0326 e. The number of benzene rings is 1. The lowest BCUT2D eigenvalue weighted by atomic mass is 9.86. The van der Waals surface area contributed by atoms with Crippen molar-refractivity contribution in [2.24, 2.45) is 23.5 Å². The molecule has 3 unspecified atom stereocenters. The van der Waals surface area contributed by atoms with Crippen LogP contribution in [0, 0.1) is 38.5 Å². The third kappa shape index (κ3) is 1.91. The van der Waals surface area contributed by atoms with E-state index in [2.05, 4.69) is 32.9 Å². The van der Waals surface area contributed by atoms with Gasteiger partial charge >= 0.3 is 0 Å². The largest absolute Gasteiger partial charge is 0.324 e. The molecule has 0 amide bonds. The van der Waals surface area contributed by atoms with Crippen LogP contribution in [0.15, 0.2) is 12.1 Å². The van der Waals surface area contributed by atoms with Crippen molar-refractivity contribution >= 4 is 0 Å². The molecule has 1 aromatic carbocycles. The molecule has 0 aromatic heterocycles. The Labute approximate surface area is 104 Å². The lowest BCUT2D eigenvalue weighted by Gasteiger charge is -2.23. The summed E-state index contributed by atoms with van der Waals surface area (Å²) in [5, 5.41) is 0. The van der Waals surface area contributed by atoms with E-state index in [4.69, 9.17) is 5.73 Å². The summed E-state index contributed by atoms with van der Waals surface area (Å²) >= 11 is 0. The van der Waals surface area contributed by atoms with Crippen molar-refractivity contribution in [1.29, 1.82) is 0 Å². The molecule has 17 heavy (non-hydrogen) atoms. The van der Waals surface area contributed by atoms with E-state index < -0.39 is 0 Å². The van der Waals surface area contributed by atoms with Crippen LogP contribution in [0.4, 0.5) is 0 Å². The Kier molecular flexibility index (Phi) is 2.55. The highest BCUT2D eigenvalue weighted by Crippen LogP contribution is 2.56. The molecule has 92 valence electrons. The van der Waals surface area contributed by atoms with Gasteiger partial charge in [0.05, 0.1) is 0 Å². The minimum atomic E-state index is 0.266. The van der Waals surface area contributed by atoms with Gasteiger partial charge in [-0.2, -0.15) is 0 Å². The molecule has 0 radical (unpaired) electrons. The molecule has 1 aromatic rings. The third-order valence-corrected chi connectivity index (χ3v) is 5.03. The molecule has 0 saturated heterocycles. The molecule has 0 heterocycles. The number of hydrogen-bond acceptors (Lipinski definition) is 1. The number of hydrogen-bond donors (Lipinski definition) is 1. The molecule has 2 saturated carbocycles. The van der Waals surface area contributed by atoms with E-state index in [0.29, 0.717) is 0 Å². The van der Waals surface area contributed by atoms with Gasteiger partial charge < -0.3 is 5.73 Å². The monoisotopic (exact) mass is 229 g/mol. The van der Waals surface area contributed by atoms with Crippen molar-refractivity contribution < 1.29 is 0 Å². The zero-order valence-electron chi connectivity index (χ0n) is 11.2. The predicted molar refractivity (Wildman–Crippen MR) is 71.9 cm³/mol. The second-order valence-electron chi connectivity index (χ2n) is 6.31. The molecule has 0 bridgehead atoms. The molecule has 2 aliphatic carbocycles. The van der Waals surface area contributed by atoms with Crippen molar-refractivity contribution in [3.8, 4) is 0 Å². The Hall–Kier alpha value is -0.820. The molecule has 3 rings (SSSR count). The van der Waals surface area contributed by atoms with Crippen LogP contribution in [-0.2, 0) is 0 Å². The Morgan fingerprint density at radius 3 is 2.18 bits per heavy atom. The fourth-order valence-corrected chi connectivity index (χ4v) is 3.65. The maximum Gasteiger partial charge on any atom is 0.0326 e. The second kappa shape index (κ2) is 3.84. The summed E-state index contributed by atoms with van der Waals surface area (Å²) in [5.41, 5.74) is 12.0. The first-order valence-electron chi connectivity index (χ1n) is 6.89. The maximum absolute atomic E-state index is 6.50. The summed E-state index contributed by atoms with van der Waals surface area (Å²) in [4.78, 5) is 0. The third-order valence-electron chi connectivity index (χ3n) is 5.03. The molecule has 0 spiro atoms. The Morgan fingerprint density at radius 1 is 0.941 bits per heavy atom. The van der Waals surface area contributed by atoms with E-state index >= 15 is 0 Å². The summed E-state index contributed by atoms with van der Waals surface area (Å²) in [6.07, 6.45) is 4.23. The van der Waals surface area contributed by atoms with E-state index in [9.17, 15) is 0 Å². The number of fused-ring (bicyclic) bond motifs is 1. The highest BCUT2D eigenvalue weighted by atomic mass is 14.7. The number of aryl methyl sites for hydroxylation is 3. The first-order valence-corrected chi connectivity index (χ1v) is 6.89. The fraction of sp³-hybridized carbons (Fsp3) is 0.625. The van der Waals surface area contributed by atoms with Gasteiger partial charge in [0, 0.05) is 6.04 Å². The molecular weight excluding hydrogens is 206 g/mol. The summed E-state index contributed by atoms with van der Waals surface area (Å²) < 4.78 is 0. The normalized spacial score (nSPS) is 32.4. The summed E-state index contributed by atoms with van der Waals surface area (Å²) in [6, 6.07) is 4.88. The van der Waals surface area contributed by atoms with Crippen LogP contribution < -0.4 is 5.73 Å².